The number of aliphatic hydroxyl groups is 1. The highest BCUT2D eigenvalue weighted by atomic mass is 16.3. The molecule has 3 nitrogen and oxygen atoms in total. The normalized spacial score (nSPS) is 13.4. The molecule has 0 unspecified atom stereocenters. The molecule has 0 aromatic heterocycles. The third kappa shape index (κ3) is 19.2. The fraction of sp³-hybridized carbons (Fsp3) is 0.708. The van der Waals surface area contributed by atoms with E-state index in [2.05, 4.69) is 62.5 Å². The Morgan fingerprint density at radius 2 is 1.48 bits per heavy atom. The van der Waals surface area contributed by atoms with Crippen molar-refractivity contribution >= 4 is 5.91 Å². The van der Waals surface area contributed by atoms with Gasteiger partial charge in [-0.2, -0.15) is 0 Å². The maximum absolute atomic E-state index is 11.9. The van der Waals surface area contributed by atoms with Gasteiger partial charge in [-0.3, -0.25) is 4.79 Å². The van der Waals surface area contributed by atoms with Crippen LogP contribution in [0, 0.1) is 5.92 Å². The van der Waals surface area contributed by atoms with E-state index in [0.717, 1.165) is 44.9 Å². The summed E-state index contributed by atoms with van der Waals surface area (Å²) in [6.45, 7) is 6.39. The first kappa shape index (κ1) is 25.6. The van der Waals surface area contributed by atoms with Crippen LogP contribution >= 0.6 is 0 Å². The maximum Gasteiger partial charge on any atom is 0.220 e. The van der Waals surface area contributed by atoms with Gasteiger partial charge >= 0.3 is 0 Å². The van der Waals surface area contributed by atoms with Gasteiger partial charge in [-0.1, -0.05) is 76.5 Å². The topological polar surface area (TPSA) is 49.3 Å². The zero-order chi connectivity index (χ0) is 20.2. The average molecular weight is 378 g/mol. The number of nitrogens with one attached hydrogen (secondary N) is 1. The van der Waals surface area contributed by atoms with Crippen molar-refractivity contribution in [2.45, 2.75) is 97.4 Å². The van der Waals surface area contributed by atoms with E-state index in [1.165, 1.54) is 19.3 Å². The second-order valence-corrected chi connectivity index (χ2v) is 7.68. The van der Waals surface area contributed by atoms with Gasteiger partial charge in [-0.25, -0.2) is 0 Å². The van der Waals surface area contributed by atoms with Gasteiger partial charge in [-0.05, 0) is 50.9 Å². The highest BCUT2D eigenvalue weighted by Crippen LogP contribution is 2.09. The molecule has 0 radical (unpaired) electrons. The molecule has 2 N–H and O–H groups in total. The van der Waals surface area contributed by atoms with Crippen LogP contribution in [-0.2, 0) is 4.79 Å². The van der Waals surface area contributed by atoms with Crippen LogP contribution in [-0.4, -0.2) is 23.7 Å². The summed E-state index contributed by atoms with van der Waals surface area (Å²) in [6, 6.07) is -0.0908. The Kier molecular flexibility index (Phi) is 18.4. The molecule has 0 aliphatic carbocycles. The van der Waals surface area contributed by atoms with E-state index in [4.69, 9.17) is 0 Å². The number of allylic oxidation sites excluding steroid dienone is 6. The second kappa shape index (κ2) is 19.4. The average Bonchev–Trinajstić information content (AvgIpc) is 2.64. The molecule has 0 aromatic carbocycles. The van der Waals surface area contributed by atoms with Crippen LogP contribution in [0.25, 0.3) is 0 Å². The summed E-state index contributed by atoms with van der Waals surface area (Å²) in [7, 11) is 0. The van der Waals surface area contributed by atoms with Crippen molar-refractivity contribution < 1.29 is 9.90 Å². The van der Waals surface area contributed by atoms with Crippen LogP contribution in [0.15, 0.2) is 36.5 Å². The predicted octanol–water partition coefficient (Wildman–Crippen LogP) is 6.10. The third-order valence-electron chi connectivity index (χ3n) is 4.40. The molecule has 3 heteroatoms. The lowest BCUT2D eigenvalue weighted by Gasteiger charge is -2.18. The van der Waals surface area contributed by atoms with Crippen molar-refractivity contribution in [3.8, 4) is 0 Å². The zero-order valence-electron chi connectivity index (χ0n) is 18.0. The molecule has 0 aromatic rings. The molecule has 0 spiro atoms. The van der Waals surface area contributed by atoms with E-state index in [-0.39, 0.29) is 18.6 Å². The number of carbonyl (C=O) groups is 1. The monoisotopic (exact) mass is 377 g/mol. The lowest BCUT2D eigenvalue weighted by Crippen LogP contribution is -2.38. The van der Waals surface area contributed by atoms with E-state index in [1.807, 2.05) is 0 Å². The number of rotatable bonds is 17. The first-order valence-electron chi connectivity index (χ1n) is 10.9. The summed E-state index contributed by atoms with van der Waals surface area (Å²) in [5, 5.41) is 12.2. The first-order valence-corrected chi connectivity index (χ1v) is 10.9. The smallest absolute Gasteiger partial charge is 0.220 e. The Morgan fingerprint density at radius 1 is 0.889 bits per heavy atom. The van der Waals surface area contributed by atoms with E-state index in [9.17, 15) is 9.90 Å². The molecule has 1 amide bonds. The molecule has 0 saturated heterocycles. The third-order valence-corrected chi connectivity index (χ3v) is 4.40. The summed E-state index contributed by atoms with van der Waals surface area (Å²) in [5.74, 6) is 0.561. The molecule has 0 fully saturated rings. The SMILES string of the molecule is CC/C=C\C/C=C\C/C=C\CCCCCCCC(=O)N[C@@H](CO)CC(C)C. The molecule has 156 valence electrons. The van der Waals surface area contributed by atoms with Crippen LogP contribution in [0.5, 0.6) is 0 Å². The maximum atomic E-state index is 11.9. The quantitative estimate of drug-likeness (QED) is 0.238. The second-order valence-electron chi connectivity index (χ2n) is 7.68. The van der Waals surface area contributed by atoms with Gasteiger partial charge in [0.1, 0.15) is 0 Å². The predicted molar refractivity (Wildman–Crippen MR) is 118 cm³/mol. The molecule has 1 atom stereocenters. The molecule has 0 heterocycles. The van der Waals surface area contributed by atoms with Crippen LogP contribution in [0.2, 0.25) is 0 Å². The molecular formula is C24H43NO2. The summed E-state index contributed by atoms with van der Waals surface area (Å²) in [5.41, 5.74) is 0. The van der Waals surface area contributed by atoms with E-state index < -0.39 is 0 Å². The number of aliphatic hydroxyl groups excluding tert-OH is 1. The standard InChI is InChI=1S/C24H43NO2/c1-4-5-6-7-8-9-10-11-12-13-14-15-16-17-18-19-24(27)25-23(21-26)20-22(2)3/h5-6,8-9,11-12,22-23,26H,4,7,10,13-21H2,1-3H3,(H,25,27)/b6-5-,9-8-,12-11-/t23-/m1/s1. The van der Waals surface area contributed by atoms with E-state index in [1.54, 1.807) is 0 Å². The number of hydrogen-bond donors (Lipinski definition) is 2. The molecule has 0 rings (SSSR count). The van der Waals surface area contributed by atoms with Gasteiger partial charge in [0.2, 0.25) is 5.91 Å². The Labute approximate surface area is 168 Å². The molecular weight excluding hydrogens is 334 g/mol. The fourth-order valence-electron chi connectivity index (χ4n) is 2.95. The highest BCUT2D eigenvalue weighted by Gasteiger charge is 2.12. The van der Waals surface area contributed by atoms with E-state index in [0.29, 0.717) is 12.3 Å². The molecule has 0 saturated carbocycles. The number of hydrogen-bond acceptors (Lipinski definition) is 2. The van der Waals surface area contributed by atoms with Gasteiger partial charge in [0.15, 0.2) is 0 Å². The van der Waals surface area contributed by atoms with Crippen molar-refractivity contribution in [3.63, 3.8) is 0 Å². The summed E-state index contributed by atoms with van der Waals surface area (Å²) >= 11 is 0. The fourth-order valence-corrected chi connectivity index (χ4v) is 2.95. The summed E-state index contributed by atoms with van der Waals surface area (Å²) in [4.78, 5) is 11.9. The Morgan fingerprint density at radius 3 is 2.11 bits per heavy atom. The molecule has 0 aliphatic heterocycles. The van der Waals surface area contributed by atoms with Gasteiger partial charge in [0.25, 0.3) is 0 Å². The van der Waals surface area contributed by atoms with Gasteiger partial charge in [0.05, 0.1) is 12.6 Å². The molecule has 0 bridgehead atoms. The van der Waals surface area contributed by atoms with Crippen molar-refractivity contribution in [1.29, 1.82) is 0 Å². The largest absolute Gasteiger partial charge is 0.394 e. The minimum Gasteiger partial charge on any atom is -0.394 e. The molecule has 0 aliphatic rings. The number of carbonyl (C=O) groups excluding carboxylic acids is 1. The van der Waals surface area contributed by atoms with Crippen molar-refractivity contribution in [2.75, 3.05) is 6.61 Å². The van der Waals surface area contributed by atoms with Gasteiger partial charge < -0.3 is 10.4 Å². The molecule has 27 heavy (non-hydrogen) atoms. The lowest BCUT2D eigenvalue weighted by molar-refractivity contribution is -0.122. The Balaban J connectivity index is 3.49. The Hall–Kier alpha value is -1.35. The van der Waals surface area contributed by atoms with Crippen molar-refractivity contribution in [3.05, 3.63) is 36.5 Å². The van der Waals surface area contributed by atoms with Gasteiger partial charge in [-0.15, -0.1) is 0 Å². The number of amides is 1. The minimum absolute atomic E-state index is 0.0309. The summed E-state index contributed by atoms with van der Waals surface area (Å²) in [6.07, 6.45) is 24.8. The Bertz CT molecular complexity index is 424. The van der Waals surface area contributed by atoms with Crippen LogP contribution in [0.1, 0.15) is 91.4 Å². The van der Waals surface area contributed by atoms with Crippen LogP contribution in [0.4, 0.5) is 0 Å². The number of unbranched alkanes of at least 4 members (excludes halogenated alkanes) is 5. The van der Waals surface area contributed by atoms with Crippen molar-refractivity contribution in [2.24, 2.45) is 5.92 Å². The van der Waals surface area contributed by atoms with E-state index >= 15 is 0 Å². The first-order chi connectivity index (χ1) is 13.1. The van der Waals surface area contributed by atoms with Crippen LogP contribution < -0.4 is 5.32 Å². The lowest BCUT2D eigenvalue weighted by atomic mass is 10.0. The minimum atomic E-state index is -0.0908. The summed E-state index contributed by atoms with van der Waals surface area (Å²) < 4.78 is 0. The van der Waals surface area contributed by atoms with Gasteiger partial charge in [0, 0.05) is 6.42 Å². The van der Waals surface area contributed by atoms with Crippen molar-refractivity contribution in [1.82, 2.24) is 5.32 Å². The highest BCUT2D eigenvalue weighted by molar-refractivity contribution is 5.76. The zero-order valence-corrected chi connectivity index (χ0v) is 18.0. The van der Waals surface area contributed by atoms with Crippen LogP contribution in [0.3, 0.4) is 0 Å².